The number of imidazole rings is 1. The number of rotatable bonds is 15. The zero-order valence-corrected chi connectivity index (χ0v) is 21.5. The fourth-order valence-corrected chi connectivity index (χ4v) is 4.81. The largest absolute Gasteiger partial charge is 0.454 e. The maximum absolute atomic E-state index is 5.59. The third-order valence-electron chi connectivity index (χ3n) is 6.85. The molecule has 0 radical (unpaired) electrons. The van der Waals surface area contributed by atoms with Crippen LogP contribution in [-0.4, -0.2) is 16.3 Å². The van der Waals surface area contributed by atoms with Crippen LogP contribution in [0.3, 0.4) is 0 Å². The van der Waals surface area contributed by atoms with Crippen molar-refractivity contribution in [3.05, 3.63) is 66.0 Å². The lowest BCUT2D eigenvalue weighted by molar-refractivity contribution is 0.174. The second-order valence-corrected chi connectivity index (χ2v) is 9.56. The molecule has 0 fully saturated rings. The van der Waals surface area contributed by atoms with Gasteiger partial charge in [-0.1, -0.05) is 95.2 Å². The van der Waals surface area contributed by atoms with Crippen LogP contribution in [0.15, 0.2) is 54.7 Å². The molecule has 0 saturated heterocycles. The summed E-state index contributed by atoms with van der Waals surface area (Å²) in [5, 5.41) is 3.87. The molecule has 1 aliphatic rings. The van der Waals surface area contributed by atoms with Gasteiger partial charge >= 0.3 is 0 Å². The van der Waals surface area contributed by atoms with Crippen molar-refractivity contribution < 1.29 is 9.47 Å². The monoisotopic (exact) mass is 475 g/mol. The fraction of sp³-hybridized carbons (Fsp3) is 0.500. The van der Waals surface area contributed by atoms with E-state index in [4.69, 9.17) is 14.5 Å². The van der Waals surface area contributed by atoms with Crippen molar-refractivity contribution in [2.45, 2.75) is 90.8 Å². The Labute approximate surface area is 210 Å². The van der Waals surface area contributed by atoms with Crippen LogP contribution in [-0.2, 0) is 13.1 Å². The third-order valence-corrected chi connectivity index (χ3v) is 6.85. The first-order valence-electron chi connectivity index (χ1n) is 13.5. The summed E-state index contributed by atoms with van der Waals surface area (Å²) in [4.78, 5) is 4.92. The molecule has 0 aliphatic carbocycles. The molecule has 4 rings (SSSR count). The van der Waals surface area contributed by atoms with Crippen LogP contribution in [0.25, 0.3) is 11.4 Å². The number of nitrogens with zero attached hydrogens (tertiary/aromatic N) is 2. The van der Waals surface area contributed by atoms with E-state index in [0.717, 1.165) is 43.3 Å². The van der Waals surface area contributed by atoms with E-state index in [1.807, 2.05) is 6.07 Å². The minimum Gasteiger partial charge on any atom is -0.454 e. The highest BCUT2D eigenvalue weighted by atomic mass is 16.7. The average molecular weight is 476 g/mol. The number of ether oxygens (including phenoxy) is 2. The van der Waals surface area contributed by atoms with Crippen LogP contribution in [0.1, 0.15) is 88.9 Å². The maximum atomic E-state index is 5.59. The topological polar surface area (TPSA) is 48.3 Å². The lowest BCUT2D eigenvalue weighted by Gasteiger charge is -2.22. The summed E-state index contributed by atoms with van der Waals surface area (Å²) in [6.07, 6.45) is 13.3. The maximum Gasteiger partial charge on any atom is 0.231 e. The number of unbranched alkanes of at least 4 members (excludes halogenated alkanes) is 6. The number of hydrogen-bond acceptors (Lipinski definition) is 4. The quantitative estimate of drug-likeness (QED) is 0.229. The third kappa shape index (κ3) is 6.88. The Hall–Kier alpha value is -2.79. The van der Waals surface area contributed by atoms with Crippen LogP contribution < -0.4 is 14.8 Å². The molecule has 1 aliphatic heterocycles. The van der Waals surface area contributed by atoms with Crippen molar-refractivity contribution in [1.82, 2.24) is 14.9 Å². The summed E-state index contributed by atoms with van der Waals surface area (Å²) < 4.78 is 13.5. The van der Waals surface area contributed by atoms with E-state index < -0.39 is 0 Å². The molecule has 188 valence electrons. The molecule has 1 atom stereocenters. The standard InChI is InChI=1S/C30H41N3O2/c1-3-5-7-8-9-13-16-26(31-21-24-17-18-28-29(20-24)35-23-34-28)27-22-32-30(33(27)19-6-4-2)25-14-11-10-12-15-25/h10-12,14-15,17-18,20,22,26,31H,3-9,13,16,19,21,23H2,1-2H3. The number of aromatic nitrogens is 2. The first kappa shape index (κ1) is 25.3. The summed E-state index contributed by atoms with van der Waals surface area (Å²) in [5.74, 6) is 2.76. The minimum absolute atomic E-state index is 0.258. The van der Waals surface area contributed by atoms with Crippen molar-refractivity contribution >= 4 is 0 Å². The van der Waals surface area contributed by atoms with Crippen molar-refractivity contribution in [1.29, 1.82) is 0 Å². The number of fused-ring (bicyclic) bond motifs is 1. The molecule has 2 aromatic carbocycles. The lowest BCUT2D eigenvalue weighted by Crippen LogP contribution is -2.24. The van der Waals surface area contributed by atoms with Gasteiger partial charge in [-0.2, -0.15) is 0 Å². The molecule has 2 heterocycles. The van der Waals surface area contributed by atoms with Crippen molar-refractivity contribution in [3.8, 4) is 22.9 Å². The Morgan fingerprint density at radius 3 is 2.49 bits per heavy atom. The summed E-state index contributed by atoms with van der Waals surface area (Å²) in [6, 6.07) is 17.1. The van der Waals surface area contributed by atoms with Gasteiger partial charge in [-0.05, 0) is 30.5 Å². The number of nitrogens with one attached hydrogen (secondary N) is 1. The fourth-order valence-electron chi connectivity index (χ4n) is 4.81. The second kappa shape index (κ2) is 13.3. The summed E-state index contributed by atoms with van der Waals surface area (Å²) in [7, 11) is 0. The van der Waals surface area contributed by atoms with E-state index in [1.165, 1.54) is 61.8 Å². The van der Waals surface area contributed by atoms with Crippen LogP contribution in [0, 0.1) is 0 Å². The highest BCUT2D eigenvalue weighted by molar-refractivity contribution is 5.56. The Kier molecular flexibility index (Phi) is 9.64. The molecule has 0 amide bonds. The molecule has 35 heavy (non-hydrogen) atoms. The van der Waals surface area contributed by atoms with E-state index in [1.54, 1.807) is 0 Å². The molecule has 1 N–H and O–H groups in total. The summed E-state index contributed by atoms with van der Waals surface area (Å²) >= 11 is 0. The highest BCUT2D eigenvalue weighted by Gasteiger charge is 2.20. The van der Waals surface area contributed by atoms with Gasteiger partial charge in [0.2, 0.25) is 6.79 Å². The first-order chi connectivity index (χ1) is 17.3. The molecular weight excluding hydrogens is 434 g/mol. The van der Waals surface area contributed by atoms with Gasteiger partial charge in [-0.15, -0.1) is 0 Å². The molecular formula is C30H41N3O2. The second-order valence-electron chi connectivity index (χ2n) is 9.56. The van der Waals surface area contributed by atoms with Crippen LogP contribution in [0.4, 0.5) is 0 Å². The van der Waals surface area contributed by atoms with E-state index >= 15 is 0 Å². The normalized spacial score (nSPS) is 13.3. The Morgan fingerprint density at radius 2 is 1.66 bits per heavy atom. The van der Waals surface area contributed by atoms with Crippen molar-refractivity contribution in [2.75, 3.05) is 6.79 Å². The molecule has 1 unspecified atom stereocenters. The Morgan fingerprint density at radius 1 is 0.886 bits per heavy atom. The molecule has 0 spiro atoms. The van der Waals surface area contributed by atoms with Gasteiger partial charge < -0.3 is 19.4 Å². The molecule has 5 nitrogen and oxygen atoms in total. The zero-order valence-electron chi connectivity index (χ0n) is 21.5. The van der Waals surface area contributed by atoms with Gasteiger partial charge in [0.25, 0.3) is 0 Å². The van der Waals surface area contributed by atoms with E-state index in [9.17, 15) is 0 Å². The summed E-state index contributed by atoms with van der Waals surface area (Å²) in [6.45, 7) is 6.62. The molecule has 0 bridgehead atoms. The number of hydrogen-bond donors (Lipinski definition) is 1. The van der Waals surface area contributed by atoms with Crippen LogP contribution in [0.2, 0.25) is 0 Å². The predicted molar refractivity (Wildman–Crippen MR) is 143 cm³/mol. The minimum atomic E-state index is 0.258. The zero-order chi connectivity index (χ0) is 24.3. The van der Waals surface area contributed by atoms with E-state index in [2.05, 4.69) is 72.4 Å². The molecule has 3 aromatic rings. The van der Waals surface area contributed by atoms with E-state index in [0.29, 0.717) is 6.79 Å². The Bertz CT molecular complexity index is 1030. The highest BCUT2D eigenvalue weighted by Crippen LogP contribution is 2.33. The number of benzene rings is 2. The van der Waals surface area contributed by atoms with Gasteiger partial charge in [0.05, 0.1) is 11.9 Å². The van der Waals surface area contributed by atoms with Gasteiger partial charge in [0.1, 0.15) is 5.82 Å². The first-order valence-corrected chi connectivity index (χ1v) is 13.5. The van der Waals surface area contributed by atoms with Crippen LogP contribution in [0.5, 0.6) is 11.5 Å². The smallest absolute Gasteiger partial charge is 0.231 e. The SMILES string of the molecule is CCCCCCCCC(NCc1ccc2c(c1)OCO2)c1cnc(-c2ccccc2)n1CCCC. The lowest BCUT2D eigenvalue weighted by atomic mass is 10.0. The Balaban J connectivity index is 1.52. The molecule has 0 saturated carbocycles. The van der Waals surface area contributed by atoms with Gasteiger partial charge in [0.15, 0.2) is 11.5 Å². The van der Waals surface area contributed by atoms with Gasteiger partial charge in [0, 0.05) is 24.7 Å². The molecule has 1 aromatic heterocycles. The molecule has 5 heteroatoms. The predicted octanol–water partition coefficient (Wildman–Crippen LogP) is 7.66. The van der Waals surface area contributed by atoms with E-state index in [-0.39, 0.29) is 6.04 Å². The van der Waals surface area contributed by atoms with Crippen LogP contribution >= 0.6 is 0 Å². The van der Waals surface area contributed by atoms with Crippen molar-refractivity contribution in [3.63, 3.8) is 0 Å². The van der Waals surface area contributed by atoms with Gasteiger partial charge in [-0.25, -0.2) is 4.98 Å². The van der Waals surface area contributed by atoms with Gasteiger partial charge in [-0.3, -0.25) is 0 Å². The van der Waals surface area contributed by atoms with Crippen molar-refractivity contribution in [2.24, 2.45) is 0 Å². The average Bonchev–Trinajstić information content (AvgIpc) is 3.54. The summed E-state index contributed by atoms with van der Waals surface area (Å²) in [5.41, 5.74) is 3.70.